The Bertz CT molecular complexity index is 1190. The number of aromatic nitrogens is 3. The van der Waals surface area contributed by atoms with Gasteiger partial charge < -0.3 is 20.1 Å². The number of aldehydes is 1. The third-order valence-electron chi connectivity index (χ3n) is 4.80. The first-order chi connectivity index (χ1) is 14.6. The number of anilines is 1. The minimum Gasteiger partial charge on any atom is -0.496 e. The number of carbonyl (C=O) groups excluding carboxylic acids is 1. The number of hydrogen-bond donors (Lipinski definition) is 3. The molecule has 30 heavy (non-hydrogen) atoms. The molecule has 3 N–H and O–H groups in total. The Morgan fingerprint density at radius 3 is 2.73 bits per heavy atom. The lowest BCUT2D eigenvalue weighted by molar-refractivity contribution is 0.112. The molecular weight excluding hydrogens is 387 g/mol. The highest BCUT2D eigenvalue weighted by molar-refractivity contribution is 5.92. The molecule has 0 aliphatic heterocycles. The maximum absolute atomic E-state index is 13.1. The second-order valence-corrected chi connectivity index (χ2v) is 6.69. The van der Waals surface area contributed by atoms with E-state index >= 15 is 0 Å². The van der Waals surface area contributed by atoms with E-state index < -0.39 is 6.10 Å². The molecule has 0 spiro atoms. The van der Waals surface area contributed by atoms with Crippen molar-refractivity contribution in [2.45, 2.75) is 6.10 Å². The van der Waals surface area contributed by atoms with Gasteiger partial charge in [0.1, 0.15) is 35.6 Å². The van der Waals surface area contributed by atoms with Gasteiger partial charge in [-0.1, -0.05) is 18.2 Å². The van der Waals surface area contributed by atoms with E-state index in [1.54, 1.807) is 37.4 Å². The molecule has 0 radical (unpaired) electrons. The number of benzene rings is 2. The van der Waals surface area contributed by atoms with Crippen LogP contribution in [0, 0.1) is 5.82 Å². The van der Waals surface area contributed by atoms with Crippen LogP contribution in [0.1, 0.15) is 22.0 Å². The number of H-pyrrole nitrogens is 1. The average molecular weight is 406 g/mol. The Kier molecular flexibility index (Phi) is 5.40. The van der Waals surface area contributed by atoms with E-state index in [4.69, 9.17) is 4.74 Å². The molecule has 0 aliphatic rings. The molecule has 8 heteroatoms. The molecule has 0 fully saturated rings. The molecular formula is C22H19FN4O3. The molecule has 2 aromatic carbocycles. The minimum atomic E-state index is -0.829. The Morgan fingerprint density at radius 2 is 2.00 bits per heavy atom. The molecule has 1 unspecified atom stereocenters. The van der Waals surface area contributed by atoms with Crippen LogP contribution in [-0.4, -0.2) is 40.0 Å². The second-order valence-electron chi connectivity index (χ2n) is 6.69. The van der Waals surface area contributed by atoms with Crippen molar-refractivity contribution in [1.82, 2.24) is 15.0 Å². The van der Waals surface area contributed by atoms with E-state index in [1.165, 1.54) is 18.5 Å². The van der Waals surface area contributed by atoms with Gasteiger partial charge in [0.05, 0.1) is 24.3 Å². The molecule has 4 rings (SSSR count). The number of aliphatic hydroxyl groups is 1. The summed E-state index contributed by atoms with van der Waals surface area (Å²) in [6.07, 6.45) is 1.35. The number of aromatic amines is 1. The third kappa shape index (κ3) is 3.85. The van der Waals surface area contributed by atoms with Gasteiger partial charge in [0.15, 0.2) is 0 Å². The molecule has 1 atom stereocenters. The van der Waals surface area contributed by atoms with Crippen LogP contribution in [0.4, 0.5) is 10.2 Å². The number of carbonyl (C=O) groups is 1. The largest absolute Gasteiger partial charge is 0.496 e. The van der Waals surface area contributed by atoms with Crippen molar-refractivity contribution < 1.29 is 19.0 Å². The van der Waals surface area contributed by atoms with Crippen LogP contribution in [0.3, 0.4) is 0 Å². The lowest BCUT2D eigenvalue weighted by Crippen LogP contribution is -2.13. The zero-order valence-electron chi connectivity index (χ0n) is 16.1. The van der Waals surface area contributed by atoms with Crippen molar-refractivity contribution in [3.63, 3.8) is 0 Å². The molecule has 0 saturated heterocycles. The van der Waals surface area contributed by atoms with Crippen LogP contribution >= 0.6 is 0 Å². The summed E-state index contributed by atoms with van der Waals surface area (Å²) < 4.78 is 18.5. The van der Waals surface area contributed by atoms with E-state index in [0.717, 1.165) is 22.9 Å². The summed E-state index contributed by atoms with van der Waals surface area (Å²) in [6.45, 7) is 0.190. The maximum atomic E-state index is 13.1. The lowest BCUT2D eigenvalue weighted by atomic mass is 10.1. The predicted molar refractivity (Wildman–Crippen MR) is 111 cm³/mol. The number of nitrogens with zero attached hydrogens (tertiary/aromatic N) is 2. The normalized spacial score (nSPS) is 12.0. The summed E-state index contributed by atoms with van der Waals surface area (Å²) in [6, 6.07) is 12.7. The fourth-order valence-corrected chi connectivity index (χ4v) is 3.23. The Balaban J connectivity index is 1.61. The van der Waals surface area contributed by atoms with Crippen LogP contribution < -0.4 is 10.1 Å². The highest BCUT2D eigenvalue weighted by Gasteiger charge is 2.14. The second kappa shape index (κ2) is 8.30. The summed E-state index contributed by atoms with van der Waals surface area (Å²) in [5, 5.41) is 14.2. The highest BCUT2D eigenvalue weighted by Crippen LogP contribution is 2.33. The molecule has 0 bridgehead atoms. The summed E-state index contributed by atoms with van der Waals surface area (Å²) in [7, 11) is 1.54. The van der Waals surface area contributed by atoms with Gasteiger partial charge in [-0.05, 0) is 35.9 Å². The molecule has 7 nitrogen and oxygen atoms in total. The number of aliphatic hydroxyl groups excluding tert-OH is 1. The van der Waals surface area contributed by atoms with Crippen molar-refractivity contribution in [3.8, 4) is 17.0 Å². The standard InChI is InChI=1S/C22H19FN4O3/c1-30-20-8-13(11-28)2-7-16(20)18-9-17-21(25-12-26-22(17)27-18)24-10-19(29)14-3-5-15(23)6-4-14/h2-9,11-12,19,29H,10H2,1H3,(H2,24,25,26,27). The number of hydrogen-bond acceptors (Lipinski definition) is 6. The molecule has 4 aromatic rings. The van der Waals surface area contributed by atoms with Crippen LogP contribution in [0.5, 0.6) is 5.75 Å². The highest BCUT2D eigenvalue weighted by atomic mass is 19.1. The SMILES string of the molecule is COc1cc(C=O)ccc1-c1cc2c(NCC(O)c3ccc(F)cc3)ncnc2[nH]1. The Morgan fingerprint density at radius 1 is 1.20 bits per heavy atom. The fraction of sp³-hybridized carbons (Fsp3) is 0.136. The van der Waals surface area contributed by atoms with Gasteiger partial charge in [-0.25, -0.2) is 14.4 Å². The lowest BCUT2D eigenvalue weighted by Gasteiger charge is -2.13. The van der Waals surface area contributed by atoms with Crippen molar-refractivity contribution in [2.75, 3.05) is 19.0 Å². The zero-order chi connectivity index (χ0) is 21.1. The first-order valence-electron chi connectivity index (χ1n) is 9.23. The van der Waals surface area contributed by atoms with Crippen molar-refractivity contribution in [1.29, 1.82) is 0 Å². The molecule has 2 aromatic heterocycles. The zero-order valence-corrected chi connectivity index (χ0v) is 16.1. The number of fused-ring (bicyclic) bond motifs is 1. The fourth-order valence-electron chi connectivity index (χ4n) is 3.23. The van der Waals surface area contributed by atoms with Gasteiger partial charge in [-0.3, -0.25) is 4.79 Å². The van der Waals surface area contributed by atoms with Gasteiger partial charge in [-0.15, -0.1) is 0 Å². The number of rotatable bonds is 7. The van der Waals surface area contributed by atoms with Crippen LogP contribution in [0.15, 0.2) is 54.9 Å². The Hall–Kier alpha value is -3.78. The molecule has 2 heterocycles. The maximum Gasteiger partial charge on any atom is 0.150 e. The van der Waals surface area contributed by atoms with E-state index in [1.807, 2.05) is 6.07 Å². The topological polar surface area (TPSA) is 100 Å². The van der Waals surface area contributed by atoms with E-state index in [2.05, 4.69) is 20.3 Å². The van der Waals surface area contributed by atoms with Crippen LogP contribution in [0.2, 0.25) is 0 Å². The first kappa shape index (κ1) is 19.5. The van der Waals surface area contributed by atoms with Crippen LogP contribution in [-0.2, 0) is 0 Å². The quantitative estimate of drug-likeness (QED) is 0.405. The van der Waals surface area contributed by atoms with Gasteiger partial charge in [0.25, 0.3) is 0 Å². The van der Waals surface area contributed by atoms with E-state index in [-0.39, 0.29) is 12.4 Å². The summed E-state index contributed by atoms with van der Waals surface area (Å²) in [5.74, 6) is 0.750. The van der Waals surface area contributed by atoms with Gasteiger partial charge in [0.2, 0.25) is 0 Å². The third-order valence-corrected chi connectivity index (χ3v) is 4.80. The van der Waals surface area contributed by atoms with E-state index in [9.17, 15) is 14.3 Å². The first-order valence-corrected chi connectivity index (χ1v) is 9.23. The number of nitrogens with one attached hydrogen (secondary N) is 2. The number of ether oxygens (including phenoxy) is 1. The monoisotopic (exact) mass is 406 g/mol. The van der Waals surface area contributed by atoms with Gasteiger partial charge in [-0.2, -0.15) is 0 Å². The Labute approximate surface area is 171 Å². The summed E-state index contributed by atoms with van der Waals surface area (Å²) in [4.78, 5) is 22.8. The van der Waals surface area contributed by atoms with Gasteiger partial charge >= 0.3 is 0 Å². The smallest absolute Gasteiger partial charge is 0.150 e. The van der Waals surface area contributed by atoms with Crippen molar-refractivity contribution in [2.24, 2.45) is 0 Å². The number of halogens is 1. The van der Waals surface area contributed by atoms with Crippen molar-refractivity contribution >= 4 is 23.1 Å². The van der Waals surface area contributed by atoms with E-state index in [0.29, 0.717) is 28.3 Å². The van der Waals surface area contributed by atoms with Crippen molar-refractivity contribution in [3.05, 3.63) is 71.8 Å². The molecule has 0 saturated carbocycles. The predicted octanol–water partition coefficient (Wildman–Crippen LogP) is 3.73. The molecule has 0 amide bonds. The van der Waals surface area contributed by atoms with Crippen LogP contribution in [0.25, 0.3) is 22.3 Å². The number of methoxy groups -OCH3 is 1. The van der Waals surface area contributed by atoms with Gasteiger partial charge in [0, 0.05) is 17.7 Å². The molecule has 152 valence electrons. The summed E-state index contributed by atoms with van der Waals surface area (Å²) in [5.41, 5.74) is 3.26. The molecule has 0 aliphatic carbocycles. The summed E-state index contributed by atoms with van der Waals surface area (Å²) >= 11 is 0. The average Bonchev–Trinajstić information content (AvgIpc) is 3.22. The minimum absolute atomic E-state index is 0.190.